The van der Waals surface area contributed by atoms with Crippen LogP contribution in [-0.2, 0) is 4.74 Å². The lowest BCUT2D eigenvalue weighted by Crippen LogP contribution is -2.23. The number of cyclic esters (lactones) is 1. The zero-order chi connectivity index (χ0) is 20.8. The molecule has 0 aromatic heterocycles. The second kappa shape index (κ2) is 8.62. The summed E-state index contributed by atoms with van der Waals surface area (Å²) in [6.07, 6.45) is -0.496. The van der Waals surface area contributed by atoms with Crippen molar-refractivity contribution < 1.29 is 28.5 Å². The highest BCUT2D eigenvalue weighted by atomic mass is 19.1. The largest absolute Gasteiger partial charge is 0.490 e. The molecule has 0 saturated carbocycles. The summed E-state index contributed by atoms with van der Waals surface area (Å²) in [6, 6.07) is 7.55. The number of rotatable bonds is 4. The number of nitro benzene ring substituents is 2. The summed E-state index contributed by atoms with van der Waals surface area (Å²) in [5.41, 5.74) is 5.03. The Labute approximate surface area is 157 Å². The summed E-state index contributed by atoms with van der Waals surface area (Å²) in [4.78, 5) is 32.2. The number of hydrogen-bond donors (Lipinski definition) is 1. The molecule has 0 aliphatic carbocycles. The fourth-order valence-corrected chi connectivity index (χ4v) is 2.29. The number of nitrogens with zero attached hydrogens (tertiary/aromatic N) is 3. The quantitative estimate of drug-likeness (QED) is 0.472. The van der Waals surface area contributed by atoms with Gasteiger partial charge in [-0.3, -0.25) is 25.1 Å². The molecule has 0 atom stereocenters. The third kappa shape index (κ3) is 4.60. The van der Waals surface area contributed by atoms with Crippen LogP contribution in [0.4, 0.5) is 31.9 Å². The van der Waals surface area contributed by atoms with Crippen molar-refractivity contribution in [1.29, 1.82) is 0 Å². The number of halogens is 1. The lowest BCUT2D eigenvalue weighted by Gasteiger charge is -2.12. The Balaban J connectivity index is 0.000000221. The minimum atomic E-state index is -0.871. The maximum Gasteiger partial charge on any atom is 0.414 e. The molecule has 0 radical (unpaired) electrons. The molecule has 12 heteroatoms. The molecule has 1 saturated heterocycles. The number of amides is 1. The first-order chi connectivity index (χ1) is 13.2. The van der Waals surface area contributed by atoms with E-state index in [0.29, 0.717) is 18.8 Å². The summed E-state index contributed by atoms with van der Waals surface area (Å²) in [7, 11) is 1.35. The fourth-order valence-electron chi connectivity index (χ4n) is 2.29. The van der Waals surface area contributed by atoms with E-state index >= 15 is 0 Å². The molecule has 1 fully saturated rings. The van der Waals surface area contributed by atoms with Crippen LogP contribution in [-0.4, -0.2) is 36.2 Å². The number of carbonyl (C=O) groups excluding carboxylic acids is 1. The monoisotopic (exact) mass is 394 g/mol. The van der Waals surface area contributed by atoms with Gasteiger partial charge in [-0.2, -0.15) is 4.39 Å². The SMILES string of the molecule is COc1ccc(N2CCOC2=O)cc1[N+](=O)[O-].Nc1ccc(F)c([N+](=O)[O-])c1. The number of ether oxygens (including phenoxy) is 2. The molecule has 0 spiro atoms. The highest BCUT2D eigenvalue weighted by molar-refractivity contribution is 5.90. The Kier molecular flexibility index (Phi) is 6.26. The third-order valence-electron chi connectivity index (χ3n) is 3.60. The van der Waals surface area contributed by atoms with Crippen LogP contribution < -0.4 is 15.4 Å². The van der Waals surface area contributed by atoms with Gasteiger partial charge >= 0.3 is 17.5 Å². The minimum absolute atomic E-state index is 0.159. The number of nitrogens with two attached hydrogens (primary N) is 1. The number of benzene rings is 2. The van der Waals surface area contributed by atoms with Gasteiger partial charge < -0.3 is 15.2 Å². The van der Waals surface area contributed by atoms with Crippen LogP contribution in [0.1, 0.15) is 0 Å². The van der Waals surface area contributed by atoms with Gasteiger partial charge in [0.05, 0.1) is 29.2 Å². The van der Waals surface area contributed by atoms with Crippen LogP contribution in [0.5, 0.6) is 5.75 Å². The summed E-state index contributed by atoms with van der Waals surface area (Å²) < 4.78 is 22.2. The predicted octanol–water partition coefficient (Wildman–Crippen LogP) is 2.88. The van der Waals surface area contributed by atoms with Crippen molar-refractivity contribution in [3.05, 3.63) is 62.4 Å². The smallest absolute Gasteiger partial charge is 0.414 e. The molecule has 28 heavy (non-hydrogen) atoms. The summed E-state index contributed by atoms with van der Waals surface area (Å²) in [5, 5.41) is 20.9. The van der Waals surface area contributed by atoms with Gasteiger partial charge in [-0.05, 0) is 24.3 Å². The van der Waals surface area contributed by atoms with Gasteiger partial charge in [0.15, 0.2) is 5.75 Å². The van der Waals surface area contributed by atoms with Crippen molar-refractivity contribution in [2.24, 2.45) is 0 Å². The number of nitro groups is 2. The molecule has 0 unspecified atom stereocenters. The highest BCUT2D eigenvalue weighted by Crippen LogP contribution is 2.32. The van der Waals surface area contributed by atoms with Crippen LogP contribution in [0.15, 0.2) is 36.4 Å². The lowest BCUT2D eigenvalue weighted by atomic mass is 10.2. The van der Waals surface area contributed by atoms with Crippen molar-refractivity contribution in [3.63, 3.8) is 0 Å². The van der Waals surface area contributed by atoms with E-state index in [9.17, 15) is 29.4 Å². The van der Waals surface area contributed by atoms with E-state index in [1.54, 1.807) is 6.07 Å². The average molecular weight is 394 g/mol. The third-order valence-corrected chi connectivity index (χ3v) is 3.60. The van der Waals surface area contributed by atoms with Gasteiger partial charge in [0.1, 0.15) is 6.61 Å². The number of nitrogen functional groups attached to an aromatic ring is 1. The van der Waals surface area contributed by atoms with E-state index in [2.05, 4.69) is 0 Å². The molecule has 148 valence electrons. The molecule has 11 nitrogen and oxygen atoms in total. The average Bonchev–Trinajstić information content (AvgIpc) is 3.09. The van der Waals surface area contributed by atoms with Gasteiger partial charge in [0.25, 0.3) is 0 Å². The highest BCUT2D eigenvalue weighted by Gasteiger charge is 2.26. The van der Waals surface area contributed by atoms with E-state index in [1.165, 1.54) is 30.2 Å². The van der Waals surface area contributed by atoms with Crippen molar-refractivity contribution in [1.82, 2.24) is 0 Å². The number of carbonyl (C=O) groups is 1. The first-order valence-corrected chi connectivity index (χ1v) is 7.70. The molecule has 1 aliphatic rings. The van der Waals surface area contributed by atoms with Gasteiger partial charge in [-0.15, -0.1) is 0 Å². The molecule has 0 bridgehead atoms. The molecule has 3 rings (SSSR count). The van der Waals surface area contributed by atoms with Gasteiger partial charge in [-0.1, -0.05) is 0 Å². The zero-order valence-electron chi connectivity index (χ0n) is 14.5. The number of methoxy groups -OCH3 is 1. The van der Waals surface area contributed by atoms with Crippen molar-refractivity contribution >= 4 is 28.8 Å². The zero-order valence-corrected chi connectivity index (χ0v) is 14.5. The molecule has 2 N–H and O–H groups in total. The van der Waals surface area contributed by atoms with Crippen LogP contribution >= 0.6 is 0 Å². The van der Waals surface area contributed by atoms with Crippen molar-refractivity contribution in [3.8, 4) is 5.75 Å². The molecule has 1 aliphatic heterocycles. The topological polar surface area (TPSA) is 151 Å². The van der Waals surface area contributed by atoms with Gasteiger partial charge in [-0.25, -0.2) is 4.79 Å². The standard InChI is InChI=1S/C10H10N2O5.C6H5FN2O2/c1-16-9-3-2-7(6-8(9)12(14)15)11-4-5-17-10(11)13;7-5-2-1-4(8)3-6(5)9(10)11/h2-3,6H,4-5H2,1H3;1-3H,8H2. The fraction of sp³-hybridized carbons (Fsp3) is 0.188. The second-order valence-electron chi connectivity index (χ2n) is 5.35. The first kappa shape index (κ1) is 20.4. The van der Waals surface area contributed by atoms with E-state index in [4.69, 9.17) is 15.2 Å². The lowest BCUT2D eigenvalue weighted by molar-refractivity contribution is -0.387. The maximum atomic E-state index is 12.5. The second-order valence-corrected chi connectivity index (χ2v) is 5.35. The normalized spacial score (nSPS) is 12.6. The van der Waals surface area contributed by atoms with E-state index in [1.807, 2.05) is 0 Å². The van der Waals surface area contributed by atoms with Crippen LogP contribution in [0.3, 0.4) is 0 Å². The minimum Gasteiger partial charge on any atom is -0.490 e. The van der Waals surface area contributed by atoms with E-state index in [0.717, 1.165) is 12.1 Å². The van der Waals surface area contributed by atoms with Crippen molar-refractivity contribution in [2.75, 3.05) is 30.9 Å². The Morgan fingerprint density at radius 1 is 1.14 bits per heavy atom. The van der Waals surface area contributed by atoms with Crippen molar-refractivity contribution in [2.45, 2.75) is 0 Å². The van der Waals surface area contributed by atoms with Crippen LogP contribution in [0.2, 0.25) is 0 Å². The predicted molar refractivity (Wildman–Crippen MR) is 95.8 cm³/mol. The summed E-state index contributed by atoms with van der Waals surface area (Å²) in [5.74, 6) is -0.712. The molecular weight excluding hydrogens is 379 g/mol. The molecule has 1 amide bonds. The molecule has 1 heterocycles. The van der Waals surface area contributed by atoms with Crippen LogP contribution in [0.25, 0.3) is 0 Å². The molecule has 2 aromatic carbocycles. The van der Waals surface area contributed by atoms with Gasteiger partial charge in [0, 0.05) is 17.8 Å². The van der Waals surface area contributed by atoms with E-state index < -0.39 is 27.4 Å². The van der Waals surface area contributed by atoms with Gasteiger partial charge in [0.2, 0.25) is 5.82 Å². The summed E-state index contributed by atoms with van der Waals surface area (Å²) >= 11 is 0. The maximum absolute atomic E-state index is 12.5. The Hall–Kier alpha value is -3.96. The number of anilines is 2. The summed E-state index contributed by atoms with van der Waals surface area (Å²) in [6.45, 7) is 0.682. The number of hydrogen-bond acceptors (Lipinski definition) is 8. The van der Waals surface area contributed by atoms with Crippen LogP contribution in [0, 0.1) is 26.0 Å². The first-order valence-electron chi connectivity index (χ1n) is 7.70. The molecule has 2 aromatic rings. The Morgan fingerprint density at radius 3 is 2.32 bits per heavy atom. The Bertz CT molecular complexity index is 922. The molecular formula is C16H15FN4O7. The van der Waals surface area contributed by atoms with E-state index in [-0.39, 0.29) is 17.1 Å². The Morgan fingerprint density at radius 2 is 1.82 bits per heavy atom.